The second-order valence-electron chi connectivity index (χ2n) is 10.5. The van der Waals surface area contributed by atoms with E-state index in [2.05, 4.69) is 13.8 Å². The molecule has 1 aromatic rings. The zero-order valence-corrected chi connectivity index (χ0v) is 28.1. The fourth-order valence-corrected chi connectivity index (χ4v) is 7.59. The van der Waals surface area contributed by atoms with Gasteiger partial charge >= 0.3 is 20.9 Å². The maximum Gasteiger partial charge on any atom is 0.331 e. The third-order valence-electron chi connectivity index (χ3n) is 6.76. The smallest absolute Gasteiger partial charge is 0.309 e. The molecular formula is C29H56N2O8P2. The Morgan fingerprint density at radius 2 is 0.951 bits per heavy atom. The number of rotatable bonds is 26. The molecule has 0 unspecified atom stereocenters. The largest absolute Gasteiger partial charge is 0.331 e. The molecule has 0 saturated heterocycles. The lowest BCUT2D eigenvalue weighted by molar-refractivity contribution is 0.198. The Hall–Kier alpha value is -1.02. The van der Waals surface area contributed by atoms with Crippen LogP contribution in [0.4, 0.5) is 0 Å². The van der Waals surface area contributed by atoms with Gasteiger partial charge in [0, 0.05) is 24.8 Å². The van der Waals surface area contributed by atoms with Gasteiger partial charge in [0.15, 0.2) is 0 Å². The van der Waals surface area contributed by atoms with E-state index in [1.165, 1.54) is 10.6 Å². The van der Waals surface area contributed by atoms with Crippen molar-refractivity contribution in [2.75, 3.05) is 38.8 Å². The summed E-state index contributed by atoms with van der Waals surface area (Å²) in [7, 11) is -6.38. The highest BCUT2D eigenvalue weighted by Crippen LogP contribution is 2.50. The minimum atomic E-state index is -3.21. The van der Waals surface area contributed by atoms with E-state index < -0.39 is 15.2 Å². The first-order valence-corrected chi connectivity index (χ1v) is 19.2. The van der Waals surface area contributed by atoms with E-state index in [0.717, 1.165) is 51.4 Å². The molecule has 1 aromatic heterocycles. The van der Waals surface area contributed by atoms with Gasteiger partial charge in [0.25, 0.3) is 5.56 Å². The summed E-state index contributed by atoms with van der Waals surface area (Å²) in [6.07, 6.45) is 9.82. The van der Waals surface area contributed by atoms with Gasteiger partial charge in [0.05, 0.1) is 38.8 Å². The van der Waals surface area contributed by atoms with Crippen LogP contribution in [-0.2, 0) is 40.3 Å². The van der Waals surface area contributed by atoms with Gasteiger partial charge in [-0.05, 0) is 58.3 Å². The molecule has 0 aliphatic carbocycles. The van der Waals surface area contributed by atoms with E-state index >= 15 is 0 Å². The Bertz CT molecular complexity index is 1030. The molecule has 0 saturated carbocycles. The van der Waals surface area contributed by atoms with Crippen LogP contribution >= 0.6 is 15.2 Å². The third-order valence-corrected chi connectivity index (χ3v) is 10.8. The van der Waals surface area contributed by atoms with Crippen LogP contribution in [0.2, 0.25) is 0 Å². The zero-order valence-electron chi connectivity index (χ0n) is 26.3. The lowest BCUT2D eigenvalue weighted by atomic mass is 10.3. The van der Waals surface area contributed by atoms with Gasteiger partial charge in [-0.15, -0.1) is 0 Å². The van der Waals surface area contributed by atoms with Crippen LogP contribution in [0, 0.1) is 6.92 Å². The lowest BCUT2D eigenvalue weighted by Gasteiger charge is -2.19. The van der Waals surface area contributed by atoms with Crippen LogP contribution in [0.15, 0.2) is 15.7 Å². The first kappa shape index (κ1) is 38.0. The molecule has 0 spiro atoms. The van der Waals surface area contributed by atoms with Crippen molar-refractivity contribution < 1.29 is 27.2 Å². The molecule has 0 radical (unpaired) electrons. The highest BCUT2D eigenvalue weighted by Gasteiger charge is 2.25. The predicted molar refractivity (Wildman–Crippen MR) is 167 cm³/mol. The standard InChI is InChI=1S/C29H56N2O8P2/c1-6-10-20-36-40(34,37-21-11-7-2)24-16-14-18-30-27(5)26-28(32)31(29(30)33)19-15-17-25-41(35,38-22-12-8-3)39-23-13-9-4/h26H,6-25H2,1-5H3. The monoisotopic (exact) mass is 622 g/mol. The Morgan fingerprint density at radius 3 is 1.32 bits per heavy atom. The molecule has 41 heavy (non-hydrogen) atoms. The number of hydrogen-bond donors (Lipinski definition) is 0. The predicted octanol–water partition coefficient (Wildman–Crippen LogP) is 7.53. The first-order chi connectivity index (χ1) is 19.6. The van der Waals surface area contributed by atoms with Crippen LogP contribution in [0.5, 0.6) is 0 Å². The summed E-state index contributed by atoms with van der Waals surface area (Å²) in [5, 5.41) is 0. The van der Waals surface area contributed by atoms with E-state index in [1.54, 1.807) is 11.5 Å². The third kappa shape index (κ3) is 15.3. The van der Waals surface area contributed by atoms with E-state index in [-0.39, 0.29) is 24.0 Å². The minimum absolute atomic E-state index is 0.230. The van der Waals surface area contributed by atoms with Crippen molar-refractivity contribution in [1.29, 1.82) is 0 Å². The Kier molecular flexibility index (Phi) is 20.1. The molecular weight excluding hydrogens is 566 g/mol. The molecule has 10 nitrogen and oxygen atoms in total. The summed E-state index contributed by atoms with van der Waals surface area (Å²) in [6.45, 7) is 12.2. The van der Waals surface area contributed by atoms with Gasteiger partial charge in [-0.25, -0.2) is 4.79 Å². The second-order valence-corrected chi connectivity index (χ2v) is 14.9. The van der Waals surface area contributed by atoms with Gasteiger partial charge in [-0.3, -0.25) is 23.1 Å². The van der Waals surface area contributed by atoms with Crippen LogP contribution in [0.1, 0.15) is 110 Å². The second kappa shape index (κ2) is 21.6. The van der Waals surface area contributed by atoms with Crippen LogP contribution < -0.4 is 11.2 Å². The maximum absolute atomic E-state index is 13.2. The molecule has 0 aliphatic heterocycles. The summed E-state index contributed by atoms with van der Waals surface area (Å²) in [5.41, 5.74) is -0.113. The number of hydrogen-bond acceptors (Lipinski definition) is 8. The fourth-order valence-electron chi connectivity index (χ4n) is 4.08. The van der Waals surface area contributed by atoms with Crippen molar-refractivity contribution >= 4 is 15.2 Å². The summed E-state index contributed by atoms with van der Waals surface area (Å²) in [6, 6.07) is 1.47. The molecule has 240 valence electrons. The highest BCUT2D eigenvalue weighted by atomic mass is 31.2. The highest BCUT2D eigenvalue weighted by molar-refractivity contribution is 7.54. The molecule has 0 aliphatic rings. The van der Waals surface area contributed by atoms with Gasteiger partial charge < -0.3 is 18.1 Å². The van der Waals surface area contributed by atoms with Crippen molar-refractivity contribution in [3.8, 4) is 0 Å². The molecule has 0 atom stereocenters. The van der Waals surface area contributed by atoms with Gasteiger partial charge in [-0.2, -0.15) is 0 Å². The van der Waals surface area contributed by atoms with Gasteiger partial charge in [0.1, 0.15) is 0 Å². The molecule has 0 N–H and O–H groups in total. The van der Waals surface area contributed by atoms with Crippen molar-refractivity contribution in [3.05, 3.63) is 32.6 Å². The Morgan fingerprint density at radius 1 is 0.585 bits per heavy atom. The number of unbranched alkanes of at least 4 members (excludes halogenated alkanes) is 6. The molecule has 1 rings (SSSR count). The zero-order chi connectivity index (χ0) is 30.6. The van der Waals surface area contributed by atoms with Crippen molar-refractivity contribution in [1.82, 2.24) is 9.13 Å². The van der Waals surface area contributed by atoms with E-state index in [0.29, 0.717) is 70.5 Å². The summed E-state index contributed by atoms with van der Waals surface area (Å²) < 4.78 is 51.8. The summed E-state index contributed by atoms with van der Waals surface area (Å²) in [4.78, 5) is 25.8. The molecule has 12 heteroatoms. The van der Waals surface area contributed by atoms with Crippen molar-refractivity contribution in [2.45, 2.75) is 125 Å². The average molecular weight is 623 g/mol. The normalized spacial score (nSPS) is 12.3. The number of nitrogens with zero attached hydrogens (tertiary/aromatic N) is 2. The van der Waals surface area contributed by atoms with Crippen LogP contribution in [-0.4, -0.2) is 47.9 Å². The maximum atomic E-state index is 13.2. The van der Waals surface area contributed by atoms with Crippen LogP contribution in [0.25, 0.3) is 0 Å². The summed E-state index contributed by atoms with van der Waals surface area (Å²) >= 11 is 0. The van der Waals surface area contributed by atoms with Gasteiger partial charge in [-0.1, -0.05) is 53.4 Å². The minimum Gasteiger partial charge on any atom is -0.309 e. The summed E-state index contributed by atoms with van der Waals surface area (Å²) in [5.74, 6) is 0. The van der Waals surface area contributed by atoms with E-state index in [1.807, 2.05) is 13.8 Å². The lowest BCUT2D eigenvalue weighted by Crippen LogP contribution is -2.40. The number of aromatic nitrogens is 2. The first-order valence-electron chi connectivity index (χ1n) is 15.7. The average Bonchev–Trinajstić information content (AvgIpc) is 2.92. The Balaban J connectivity index is 2.75. The van der Waals surface area contributed by atoms with Gasteiger partial charge in [0.2, 0.25) is 0 Å². The topological polar surface area (TPSA) is 115 Å². The Labute approximate surface area is 247 Å². The molecule has 0 aromatic carbocycles. The van der Waals surface area contributed by atoms with Crippen molar-refractivity contribution in [3.63, 3.8) is 0 Å². The van der Waals surface area contributed by atoms with Crippen LogP contribution in [0.3, 0.4) is 0 Å². The molecule has 1 heterocycles. The molecule has 0 bridgehead atoms. The quantitative estimate of drug-likeness (QED) is 0.0769. The van der Waals surface area contributed by atoms with E-state index in [9.17, 15) is 18.7 Å². The molecule has 0 fully saturated rings. The fraction of sp³-hybridized carbons (Fsp3) is 0.862. The van der Waals surface area contributed by atoms with E-state index in [4.69, 9.17) is 18.1 Å². The molecule has 0 amide bonds. The van der Waals surface area contributed by atoms with Crippen molar-refractivity contribution in [2.24, 2.45) is 0 Å². The SMILES string of the molecule is CCCCOP(=O)(CCCCn1c(C)cc(=O)n(CCCCP(=O)(OCCCC)OCCCC)c1=O)OCCCC. The number of aryl methyl sites for hydroxylation is 1.